The molecule has 0 spiro atoms. The predicted molar refractivity (Wildman–Crippen MR) is 221 cm³/mol. The molecular weight excluding hydrogens is 751 g/mol. The molecule has 0 fully saturated rings. The van der Waals surface area contributed by atoms with E-state index in [4.69, 9.17) is 0 Å². The third-order valence-electron chi connectivity index (χ3n) is 7.90. The van der Waals surface area contributed by atoms with Crippen molar-refractivity contribution in [3.8, 4) is 0 Å². The summed E-state index contributed by atoms with van der Waals surface area (Å²) in [5, 5.41) is 19.8. The van der Waals surface area contributed by atoms with Crippen molar-refractivity contribution >= 4 is 58.3 Å². The molecule has 2 unspecified atom stereocenters. The van der Waals surface area contributed by atoms with Gasteiger partial charge in [-0.15, -0.1) is 0 Å². The number of carbonyl (C=O) groups is 2. The van der Waals surface area contributed by atoms with Crippen LogP contribution in [0.25, 0.3) is 0 Å². The number of allylic oxidation sites excluding steroid dienone is 8. The fourth-order valence-corrected chi connectivity index (χ4v) is 5.25. The molecule has 0 saturated heterocycles. The van der Waals surface area contributed by atoms with Crippen LogP contribution in [0.15, 0.2) is 48.6 Å². The van der Waals surface area contributed by atoms with E-state index in [1.807, 2.05) is 0 Å². The van der Waals surface area contributed by atoms with Gasteiger partial charge in [0.2, 0.25) is 0 Å². The first-order chi connectivity index (χ1) is 23.8. The summed E-state index contributed by atoms with van der Waals surface area (Å²) in [6.07, 6.45) is 48.3. The molecule has 0 radical (unpaired) electrons. The first-order valence-electron chi connectivity index (χ1n) is 19.7. The van der Waals surface area contributed by atoms with Crippen LogP contribution in [0.4, 0.5) is 0 Å². The van der Waals surface area contributed by atoms with E-state index in [0.29, 0.717) is 12.8 Å². The monoisotopic (exact) mass is 828 g/mol. The topological polar surface area (TPSA) is 80.3 Å². The summed E-state index contributed by atoms with van der Waals surface area (Å²) in [4.78, 5) is 25.6. The molecule has 0 heterocycles. The first kappa shape index (κ1) is 52.8. The van der Waals surface area contributed by atoms with Crippen molar-refractivity contribution in [2.45, 2.75) is 201 Å². The Morgan fingerprint density at radius 1 is 0.469 bits per heavy atom. The van der Waals surface area contributed by atoms with Crippen molar-refractivity contribution in [1.82, 2.24) is 0 Å². The van der Waals surface area contributed by atoms with Crippen molar-refractivity contribution in [3.63, 3.8) is 0 Å². The third-order valence-corrected chi connectivity index (χ3v) is 8.84. The van der Waals surface area contributed by atoms with Crippen LogP contribution in [0.1, 0.15) is 181 Å². The predicted octanol–water partition coefficient (Wildman–Crippen LogP) is 11.3. The molecule has 2 atom stereocenters. The zero-order chi connectivity index (χ0) is 37.1. The Hall–Kier alpha value is -0.601. The van der Waals surface area contributed by atoms with E-state index in [2.05, 4.69) is 97.6 Å². The van der Waals surface area contributed by atoms with E-state index >= 15 is 0 Å². The second kappa shape index (κ2) is 47.4. The van der Waals surface area contributed by atoms with Gasteiger partial charge in [0.1, 0.15) is 0 Å². The van der Waals surface area contributed by atoms with Crippen LogP contribution in [0.3, 0.4) is 0 Å². The minimum absolute atomic E-state index is 0.230. The number of unbranched alkanes of at least 4 members (excludes halogenated alkanes) is 18. The second-order valence-electron chi connectivity index (χ2n) is 12.9. The molecule has 49 heavy (non-hydrogen) atoms. The number of rotatable bonds is 32. The van der Waals surface area contributed by atoms with Gasteiger partial charge in [0.15, 0.2) is 0 Å². The van der Waals surface area contributed by atoms with Crippen LogP contribution in [-0.4, -0.2) is 43.6 Å². The molecule has 0 saturated carbocycles. The quantitative estimate of drug-likeness (QED) is 0.0306. The van der Waals surface area contributed by atoms with Crippen LogP contribution < -0.4 is 10.2 Å². The normalized spacial score (nSPS) is 12.5. The Labute approximate surface area is 326 Å². The molecule has 0 aromatic carbocycles. The Balaban J connectivity index is -0.000000798. The summed E-state index contributed by atoms with van der Waals surface area (Å²) < 4.78 is 0. The molecule has 0 N–H and O–H groups in total. The van der Waals surface area contributed by atoms with Crippen molar-refractivity contribution in [2.75, 3.05) is 0 Å². The Morgan fingerprint density at radius 2 is 0.714 bits per heavy atom. The van der Waals surface area contributed by atoms with Crippen LogP contribution in [0.5, 0.6) is 0 Å². The van der Waals surface area contributed by atoms with Crippen LogP contribution >= 0.6 is 25.3 Å². The van der Waals surface area contributed by atoms with Gasteiger partial charge in [0.25, 0.3) is 0 Å². The number of hydrogen-bond acceptors (Lipinski definition) is 6. The molecule has 0 aliphatic rings. The van der Waals surface area contributed by atoms with E-state index in [1.54, 1.807) is 0 Å². The molecule has 0 aliphatic carbocycles. The number of carbonyl (C=O) groups excluding carboxylic acids is 2. The summed E-state index contributed by atoms with van der Waals surface area (Å²) in [5.74, 6) is -2.09. The summed E-state index contributed by atoms with van der Waals surface area (Å²) in [5.41, 5.74) is 0. The van der Waals surface area contributed by atoms with Crippen LogP contribution in [0, 0.1) is 0 Å². The summed E-state index contributed by atoms with van der Waals surface area (Å²) in [6.45, 7) is 4.47. The van der Waals surface area contributed by atoms with Crippen molar-refractivity contribution in [1.29, 1.82) is 0 Å². The molecule has 0 aromatic rings. The Kier molecular flexibility index (Phi) is 51.0. The maximum absolute atomic E-state index is 10.5. The molecule has 0 aliphatic heterocycles. The Bertz CT molecular complexity index is 734. The average molecular weight is 828 g/mol. The number of hydrogen-bond donors (Lipinski definition) is 2. The molecule has 4 nitrogen and oxygen atoms in total. The zero-order valence-electron chi connectivity index (χ0n) is 32.2. The van der Waals surface area contributed by atoms with Gasteiger partial charge in [-0.05, 0) is 77.0 Å². The van der Waals surface area contributed by atoms with Gasteiger partial charge in [-0.3, -0.25) is 0 Å². The van der Waals surface area contributed by atoms with Crippen molar-refractivity contribution < 1.29 is 19.8 Å². The molecule has 0 aromatic heterocycles. The first-order valence-corrected chi connectivity index (χ1v) is 26.5. The van der Waals surface area contributed by atoms with Gasteiger partial charge in [0, 0.05) is 10.5 Å². The molecule has 0 rings (SSSR count). The molecule has 7 heteroatoms. The zero-order valence-corrected chi connectivity index (χ0v) is 36.8. The average Bonchev–Trinajstić information content (AvgIpc) is 3.08. The summed E-state index contributed by atoms with van der Waals surface area (Å²) >= 11 is 8.19. The number of thiol groups is 2. The van der Waals surface area contributed by atoms with Crippen LogP contribution in [0.2, 0.25) is 9.88 Å². The van der Waals surface area contributed by atoms with Gasteiger partial charge in [-0.25, -0.2) is 0 Å². The number of aliphatic carboxylic acids is 2. The minimum atomic E-state index is -1.05. The fraction of sp³-hybridized carbons (Fsp3) is 0.762. The summed E-state index contributed by atoms with van der Waals surface area (Å²) in [7, 11) is 0. The van der Waals surface area contributed by atoms with Gasteiger partial charge in [-0.1, -0.05) is 152 Å². The standard InChI is InChI=1S/2C20H36O2S.2CH3.Sn/c2*1-2-3-4-5-6-7-8-9-10-11-12-13-14-15-16-17-18-19(23)20(21)22;;;/h2*6-7,9-10,19,23H,2-5,8,11-18H2,1H3,(H,21,22);2*1H3;/q;;;;+2/p-2/b2*7-6-,10-9-;;;. The number of carboxylic acid groups (broad SMARTS) is 2. The fourth-order valence-electron chi connectivity index (χ4n) is 4.89. The van der Waals surface area contributed by atoms with E-state index in [0.717, 1.165) is 38.5 Å². The molecule has 284 valence electrons. The van der Waals surface area contributed by atoms with Gasteiger partial charge in [-0.2, -0.15) is 25.3 Å². The maximum atomic E-state index is 10.5. The SMILES string of the molecule is CCCCC/C=C\C/C=C\CCCCCCCCC(S)C(=O)[O-].CCCCC/C=C\C/C=C\CCCCCCCCC(S)C(=O)[O-].[CH3][Sn+2][CH3]. The van der Waals surface area contributed by atoms with E-state index in [1.165, 1.54) is 116 Å². The van der Waals surface area contributed by atoms with E-state index < -0.39 is 22.4 Å². The van der Waals surface area contributed by atoms with Gasteiger partial charge < -0.3 is 19.8 Å². The van der Waals surface area contributed by atoms with E-state index in [9.17, 15) is 19.8 Å². The van der Waals surface area contributed by atoms with Crippen molar-refractivity contribution in [2.24, 2.45) is 0 Å². The van der Waals surface area contributed by atoms with Gasteiger partial charge in [0.05, 0.1) is 11.9 Å². The summed E-state index contributed by atoms with van der Waals surface area (Å²) in [6, 6.07) is 0. The Morgan fingerprint density at radius 3 is 0.980 bits per heavy atom. The third kappa shape index (κ3) is 51.9. The van der Waals surface area contributed by atoms with Gasteiger partial charge >= 0.3 is 31.0 Å². The molecule has 0 amide bonds. The second-order valence-corrected chi connectivity index (χ2v) is 17.0. The number of carboxylic acids is 2. The molecule has 0 bridgehead atoms. The van der Waals surface area contributed by atoms with Crippen molar-refractivity contribution in [3.05, 3.63) is 48.6 Å². The van der Waals surface area contributed by atoms with Crippen LogP contribution in [-0.2, 0) is 9.59 Å². The van der Waals surface area contributed by atoms with E-state index in [-0.39, 0.29) is 21.1 Å². The molecular formula is C42H76O4S2Sn.